The van der Waals surface area contributed by atoms with Gasteiger partial charge in [-0.2, -0.15) is 27.8 Å². The van der Waals surface area contributed by atoms with Gasteiger partial charge in [-0.1, -0.05) is 0 Å². The second-order valence-corrected chi connectivity index (χ2v) is 4.37. The monoisotopic (exact) mass is 257 g/mol. The van der Waals surface area contributed by atoms with Crippen LogP contribution in [0.3, 0.4) is 0 Å². The highest BCUT2D eigenvalue weighted by Crippen LogP contribution is 2.35. The third-order valence-electron chi connectivity index (χ3n) is 3.03. The first-order valence-electron chi connectivity index (χ1n) is 5.44. The van der Waals surface area contributed by atoms with Crippen molar-refractivity contribution in [3.8, 4) is 0 Å². The topological polar surface area (TPSA) is 46.3 Å². The minimum Gasteiger partial charge on any atom is -0.355 e. The second-order valence-electron chi connectivity index (χ2n) is 4.37. The zero-order valence-electron chi connectivity index (χ0n) is 9.52. The molecule has 0 atom stereocenters. The minimum absolute atomic E-state index is 0.0398. The molecule has 2 aromatic heterocycles. The van der Waals surface area contributed by atoms with E-state index < -0.39 is 12.1 Å². The van der Waals surface area contributed by atoms with E-state index >= 15 is 0 Å². The van der Waals surface area contributed by atoms with Crippen LogP contribution in [-0.2, 0) is 0 Å². The average molecular weight is 257 g/mol. The normalized spacial score (nSPS) is 17.2. The minimum atomic E-state index is -4.12. The van der Waals surface area contributed by atoms with Gasteiger partial charge in [0.05, 0.1) is 5.92 Å². The summed E-state index contributed by atoms with van der Waals surface area (Å²) in [4.78, 5) is 9.72. The third kappa shape index (κ3) is 1.68. The Balaban J connectivity index is 1.90. The molecule has 0 aliphatic carbocycles. The lowest BCUT2D eigenvalue weighted by Crippen LogP contribution is -2.54. The molecule has 0 radical (unpaired) electrons. The van der Waals surface area contributed by atoms with Gasteiger partial charge < -0.3 is 4.90 Å². The fourth-order valence-electron chi connectivity index (χ4n) is 2.01. The van der Waals surface area contributed by atoms with E-state index in [1.807, 2.05) is 0 Å². The molecule has 3 heterocycles. The van der Waals surface area contributed by atoms with E-state index in [4.69, 9.17) is 0 Å². The molecule has 0 saturated carbocycles. The SMILES string of the molecule is Cc1cc(N2CC(C(F)(F)F)C2)n2ncnc2n1. The lowest BCUT2D eigenvalue weighted by atomic mass is 10.00. The van der Waals surface area contributed by atoms with E-state index in [-0.39, 0.29) is 13.1 Å². The highest BCUT2D eigenvalue weighted by molar-refractivity contribution is 5.49. The van der Waals surface area contributed by atoms with Gasteiger partial charge in [-0.3, -0.25) is 0 Å². The molecule has 8 heteroatoms. The van der Waals surface area contributed by atoms with E-state index in [0.717, 1.165) is 0 Å². The fraction of sp³-hybridized carbons (Fsp3) is 0.500. The van der Waals surface area contributed by atoms with E-state index in [1.165, 1.54) is 10.8 Å². The summed E-state index contributed by atoms with van der Waals surface area (Å²) in [5.41, 5.74) is 0.709. The summed E-state index contributed by atoms with van der Waals surface area (Å²) < 4.78 is 38.8. The number of aromatic nitrogens is 4. The Morgan fingerprint density at radius 3 is 2.72 bits per heavy atom. The van der Waals surface area contributed by atoms with Crippen molar-refractivity contribution in [1.82, 2.24) is 19.6 Å². The van der Waals surface area contributed by atoms with Crippen LogP contribution in [0.15, 0.2) is 12.4 Å². The van der Waals surface area contributed by atoms with Gasteiger partial charge in [-0.25, -0.2) is 4.98 Å². The quantitative estimate of drug-likeness (QED) is 0.775. The number of fused-ring (bicyclic) bond motifs is 1. The first-order valence-corrected chi connectivity index (χ1v) is 5.44. The van der Waals surface area contributed by atoms with Crippen LogP contribution in [0.25, 0.3) is 5.78 Å². The summed E-state index contributed by atoms with van der Waals surface area (Å²) in [5.74, 6) is -0.250. The highest BCUT2D eigenvalue weighted by atomic mass is 19.4. The maximum Gasteiger partial charge on any atom is 0.395 e. The maximum atomic E-state index is 12.4. The molecule has 0 bridgehead atoms. The zero-order chi connectivity index (χ0) is 12.9. The molecule has 1 aliphatic heterocycles. The number of hydrogen-bond acceptors (Lipinski definition) is 4. The van der Waals surface area contributed by atoms with Gasteiger partial charge in [0, 0.05) is 24.8 Å². The Morgan fingerprint density at radius 2 is 2.06 bits per heavy atom. The predicted octanol–water partition coefficient (Wildman–Crippen LogP) is 1.43. The molecule has 0 unspecified atom stereocenters. The Bertz CT molecular complexity index is 585. The summed E-state index contributed by atoms with van der Waals surface area (Å²) in [5, 5.41) is 3.97. The molecule has 0 spiro atoms. The summed E-state index contributed by atoms with van der Waals surface area (Å²) in [6.45, 7) is 1.70. The first kappa shape index (κ1) is 11.2. The van der Waals surface area contributed by atoms with Crippen molar-refractivity contribution in [3.05, 3.63) is 18.1 Å². The van der Waals surface area contributed by atoms with Crippen LogP contribution in [0.1, 0.15) is 5.69 Å². The van der Waals surface area contributed by atoms with Crippen LogP contribution in [0.5, 0.6) is 0 Å². The van der Waals surface area contributed by atoms with Crippen LogP contribution < -0.4 is 4.90 Å². The number of alkyl halides is 3. The van der Waals surface area contributed by atoms with Gasteiger partial charge in [0.15, 0.2) is 0 Å². The molecule has 0 N–H and O–H groups in total. The van der Waals surface area contributed by atoms with Gasteiger partial charge in [-0.15, -0.1) is 0 Å². The molecule has 3 rings (SSSR count). The van der Waals surface area contributed by atoms with E-state index in [9.17, 15) is 13.2 Å². The van der Waals surface area contributed by atoms with Crippen molar-refractivity contribution in [1.29, 1.82) is 0 Å². The summed E-state index contributed by atoms with van der Waals surface area (Å²) >= 11 is 0. The first-order chi connectivity index (χ1) is 8.45. The van der Waals surface area contributed by atoms with Crippen LogP contribution in [-0.4, -0.2) is 38.8 Å². The predicted molar refractivity (Wildman–Crippen MR) is 57.3 cm³/mol. The number of aryl methyl sites for hydroxylation is 1. The number of anilines is 1. The van der Waals surface area contributed by atoms with E-state index in [0.29, 0.717) is 17.3 Å². The van der Waals surface area contributed by atoms with Crippen LogP contribution in [0.2, 0.25) is 0 Å². The van der Waals surface area contributed by atoms with Gasteiger partial charge >= 0.3 is 6.18 Å². The Labute approximate surface area is 100 Å². The van der Waals surface area contributed by atoms with Crippen molar-refractivity contribution < 1.29 is 13.2 Å². The van der Waals surface area contributed by atoms with Crippen molar-refractivity contribution >= 4 is 11.6 Å². The second kappa shape index (κ2) is 3.56. The Hall–Kier alpha value is -1.86. The molecule has 1 saturated heterocycles. The zero-order valence-corrected chi connectivity index (χ0v) is 9.52. The summed E-state index contributed by atoms with van der Waals surface area (Å²) in [6, 6.07) is 1.72. The molecule has 0 amide bonds. The van der Waals surface area contributed by atoms with Gasteiger partial charge in [0.1, 0.15) is 12.1 Å². The largest absolute Gasteiger partial charge is 0.395 e. The standard InChI is InChI=1S/C10H10F3N5/c1-6-2-8(18-9(16-6)14-5-15-18)17-3-7(4-17)10(11,12)13/h2,5,7H,3-4H2,1H3. The maximum absolute atomic E-state index is 12.4. The molecular formula is C10H10F3N5. The third-order valence-corrected chi connectivity index (χ3v) is 3.03. The molecule has 1 aliphatic rings. The van der Waals surface area contributed by atoms with Gasteiger partial charge in [-0.05, 0) is 6.92 Å². The Morgan fingerprint density at radius 1 is 1.33 bits per heavy atom. The van der Waals surface area contributed by atoms with E-state index in [1.54, 1.807) is 17.9 Å². The number of nitrogens with zero attached hydrogens (tertiary/aromatic N) is 5. The van der Waals surface area contributed by atoms with Crippen LogP contribution in [0, 0.1) is 12.8 Å². The molecule has 0 aromatic carbocycles. The molecule has 5 nitrogen and oxygen atoms in total. The van der Waals surface area contributed by atoms with E-state index in [2.05, 4.69) is 15.1 Å². The van der Waals surface area contributed by atoms with Gasteiger partial charge in [0.2, 0.25) is 0 Å². The summed E-state index contributed by atoms with van der Waals surface area (Å²) in [7, 11) is 0. The van der Waals surface area contributed by atoms with Gasteiger partial charge in [0.25, 0.3) is 5.78 Å². The van der Waals surface area contributed by atoms with Crippen LogP contribution >= 0.6 is 0 Å². The fourth-order valence-corrected chi connectivity index (χ4v) is 2.01. The van der Waals surface area contributed by atoms with Crippen molar-refractivity contribution in [2.45, 2.75) is 13.1 Å². The number of rotatable bonds is 1. The number of hydrogen-bond donors (Lipinski definition) is 0. The molecule has 2 aromatic rings. The average Bonchev–Trinajstić information content (AvgIpc) is 2.59. The molecule has 18 heavy (non-hydrogen) atoms. The lowest BCUT2D eigenvalue weighted by molar-refractivity contribution is -0.180. The van der Waals surface area contributed by atoms with Crippen LogP contribution in [0.4, 0.5) is 19.0 Å². The van der Waals surface area contributed by atoms with Crippen molar-refractivity contribution in [2.24, 2.45) is 5.92 Å². The highest BCUT2D eigenvalue weighted by Gasteiger charge is 2.47. The molecule has 96 valence electrons. The Kier molecular flexibility index (Phi) is 2.23. The molecular weight excluding hydrogens is 247 g/mol. The summed E-state index contributed by atoms with van der Waals surface area (Å²) in [6.07, 6.45) is -2.79. The smallest absolute Gasteiger partial charge is 0.355 e. The number of halogens is 3. The van der Waals surface area contributed by atoms with Crippen molar-refractivity contribution in [2.75, 3.05) is 18.0 Å². The molecule has 1 fully saturated rings. The van der Waals surface area contributed by atoms with Crippen molar-refractivity contribution in [3.63, 3.8) is 0 Å². The lowest BCUT2D eigenvalue weighted by Gasteiger charge is -2.41.